The standard InChI is InChI=1S/C16H11Br2NO/c17-10-11-3-6-16(14(18)8-11)20-13-5-4-12-2-1-7-19-15(12)9-13/h1-9H,10H2. The van der Waals surface area contributed by atoms with Crippen molar-refractivity contribution in [2.45, 2.75) is 5.33 Å². The number of hydrogen-bond donors (Lipinski definition) is 0. The first kappa shape index (κ1) is 13.6. The van der Waals surface area contributed by atoms with Gasteiger partial charge in [0, 0.05) is 23.0 Å². The van der Waals surface area contributed by atoms with Crippen LogP contribution in [-0.4, -0.2) is 4.98 Å². The molecule has 0 amide bonds. The zero-order valence-corrected chi connectivity index (χ0v) is 13.7. The molecule has 1 aromatic heterocycles. The van der Waals surface area contributed by atoms with E-state index in [0.29, 0.717) is 0 Å². The molecule has 0 saturated heterocycles. The third-order valence-corrected chi connectivity index (χ3v) is 4.22. The molecule has 20 heavy (non-hydrogen) atoms. The molecule has 0 N–H and O–H groups in total. The largest absolute Gasteiger partial charge is 0.456 e. The Bertz CT molecular complexity index is 758. The fourth-order valence-electron chi connectivity index (χ4n) is 1.95. The van der Waals surface area contributed by atoms with Gasteiger partial charge in [-0.1, -0.05) is 28.1 Å². The van der Waals surface area contributed by atoms with Crippen molar-refractivity contribution in [2.24, 2.45) is 0 Å². The van der Waals surface area contributed by atoms with E-state index in [1.807, 2.05) is 48.5 Å². The van der Waals surface area contributed by atoms with Crippen molar-refractivity contribution in [3.05, 3.63) is 64.8 Å². The number of alkyl halides is 1. The van der Waals surface area contributed by atoms with Gasteiger partial charge in [-0.15, -0.1) is 0 Å². The molecule has 0 fully saturated rings. The van der Waals surface area contributed by atoms with E-state index in [9.17, 15) is 0 Å². The normalized spacial score (nSPS) is 10.7. The number of aromatic nitrogens is 1. The number of halogens is 2. The van der Waals surface area contributed by atoms with Crippen LogP contribution < -0.4 is 4.74 Å². The molecule has 0 aliphatic carbocycles. The minimum absolute atomic E-state index is 0.781. The van der Waals surface area contributed by atoms with Crippen molar-refractivity contribution >= 4 is 42.8 Å². The maximum Gasteiger partial charge on any atom is 0.141 e. The lowest BCUT2D eigenvalue weighted by Gasteiger charge is -2.09. The topological polar surface area (TPSA) is 22.1 Å². The van der Waals surface area contributed by atoms with Gasteiger partial charge in [0.15, 0.2) is 0 Å². The second-order valence-electron chi connectivity index (χ2n) is 4.36. The number of nitrogens with zero attached hydrogens (tertiary/aromatic N) is 1. The highest BCUT2D eigenvalue weighted by Crippen LogP contribution is 2.32. The third kappa shape index (κ3) is 2.86. The van der Waals surface area contributed by atoms with E-state index in [-0.39, 0.29) is 0 Å². The number of hydrogen-bond acceptors (Lipinski definition) is 2. The van der Waals surface area contributed by atoms with Crippen molar-refractivity contribution in [3.8, 4) is 11.5 Å². The van der Waals surface area contributed by atoms with E-state index in [4.69, 9.17) is 4.74 Å². The molecule has 0 aliphatic rings. The number of rotatable bonds is 3. The maximum absolute atomic E-state index is 5.91. The summed E-state index contributed by atoms with van der Waals surface area (Å²) in [4.78, 5) is 4.34. The SMILES string of the molecule is BrCc1ccc(Oc2ccc3cccnc3c2)c(Br)c1. The molecule has 100 valence electrons. The Balaban J connectivity index is 1.92. The predicted molar refractivity (Wildman–Crippen MR) is 88.6 cm³/mol. The van der Waals surface area contributed by atoms with Gasteiger partial charge in [0.25, 0.3) is 0 Å². The van der Waals surface area contributed by atoms with E-state index in [1.54, 1.807) is 6.20 Å². The fraction of sp³-hybridized carbons (Fsp3) is 0.0625. The van der Waals surface area contributed by atoms with Crippen molar-refractivity contribution < 1.29 is 4.74 Å². The Kier molecular flexibility index (Phi) is 4.03. The highest BCUT2D eigenvalue weighted by molar-refractivity contribution is 9.10. The van der Waals surface area contributed by atoms with Crippen molar-refractivity contribution in [1.82, 2.24) is 4.98 Å². The molecule has 1 heterocycles. The number of fused-ring (bicyclic) bond motifs is 1. The third-order valence-electron chi connectivity index (χ3n) is 2.96. The molecule has 0 unspecified atom stereocenters. The summed E-state index contributed by atoms with van der Waals surface area (Å²) in [6.45, 7) is 0. The molecule has 0 atom stereocenters. The van der Waals surface area contributed by atoms with Crippen LogP contribution in [0.4, 0.5) is 0 Å². The molecule has 0 bridgehead atoms. The summed E-state index contributed by atoms with van der Waals surface area (Å²) in [5, 5.41) is 1.93. The summed E-state index contributed by atoms with van der Waals surface area (Å²) >= 11 is 6.97. The molecule has 3 aromatic rings. The Morgan fingerprint density at radius 1 is 1.05 bits per heavy atom. The quantitative estimate of drug-likeness (QED) is 0.534. The molecule has 0 radical (unpaired) electrons. The highest BCUT2D eigenvalue weighted by atomic mass is 79.9. The second-order valence-corrected chi connectivity index (χ2v) is 5.77. The van der Waals surface area contributed by atoms with Gasteiger partial charge in [-0.05, 0) is 51.8 Å². The second kappa shape index (κ2) is 5.94. The summed E-state index contributed by atoms with van der Waals surface area (Å²) in [6.07, 6.45) is 1.78. The number of benzene rings is 2. The van der Waals surface area contributed by atoms with Crippen LogP contribution in [0.2, 0.25) is 0 Å². The van der Waals surface area contributed by atoms with E-state index in [1.165, 1.54) is 5.56 Å². The Hall–Kier alpha value is -1.39. The van der Waals surface area contributed by atoms with Crippen molar-refractivity contribution in [2.75, 3.05) is 0 Å². The van der Waals surface area contributed by atoms with Crippen LogP contribution in [0.3, 0.4) is 0 Å². The summed E-state index contributed by atoms with van der Waals surface area (Å²) in [7, 11) is 0. The lowest BCUT2D eigenvalue weighted by atomic mass is 10.2. The Morgan fingerprint density at radius 2 is 1.95 bits per heavy atom. The average molecular weight is 393 g/mol. The highest BCUT2D eigenvalue weighted by Gasteiger charge is 2.05. The van der Waals surface area contributed by atoms with E-state index in [2.05, 4.69) is 36.8 Å². The van der Waals surface area contributed by atoms with Crippen LogP contribution in [-0.2, 0) is 5.33 Å². The van der Waals surface area contributed by atoms with Crippen LogP contribution >= 0.6 is 31.9 Å². The summed E-state index contributed by atoms with van der Waals surface area (Å²) in [6, 6.07) is 15.9. The van der Waals surface area contributed by atoms with Crippen LogP contribution in [0, 0.1) is 0 Å². The van der Waals surface area contributed by atoms with E-state index < -0.39 is 0 Å². The molecule has 0 aliphatic heterocycles. The van der Waals surface area contributed by atoms with Crippen LogP contribution in [0.15, 0.2) is 59.2 Å². The molecular formula is C16H11Br2NO. The predicted octanol–water partition coefficient (Wildman–Crippen LogP) is 5.68. The zero-order chi connectivity index (χ0) is 13.9. The van der Waals surface area contributed by atoms with Gasteiger partial charge in [0.2, 0.25) is 0 Å². The summed E-state index contributed by atoms with van der Waals surface area (Å²) in [5.41, 5.74) is 2.13. The van der Waals surface area contributed by atoms with Gasteiger partial charge < -0.3 is 4.74 Å². The van der Waals surface area contributed by atoms with Crippen molar-refractivity contribution in [1.29, 1.82) is 0 Å². The molecule has 2 nitrogen and oxygen atoms in total. The van der Waals surface area contributed by atoms with Crippen molar-refractivity contribution in [3.63, 3.8) is 0 Å². The molecular weight excluding hydrogens is 382 g/mol. The van der Waals surface area contributed by atoms with E-state index in [0.717, 1.165) is 32.2 Å². The average Bonchev–Trinajstić information content (AvgIpc) is 2.49. The van der Waals surface area contributed by atoms with Gasteiger partial charge in [-0.2, -0.15) is 0 Å². The lowest BCUT2D eigenvalue weighted by molar-refractivity contribution is 0.480. The monoisotopic (exact) mass is 391 g/mol. The first-order chi connectivity index (χ1) is 9.76. The minimum atomic E-state index is 0.781. The number of ether oxygens (including phenoxy) is 1. The fourth-order valence-corrected chi connectivity index (χ4v) is 2.80. The van der Waals surface area contributed by atoms with Gasteiger partial charge in [0.05, 0.1) is 9.99 Å². The molecule has 0 spiro atoms. The van der Waals surface area contributed by atoms with Crippen LogP contribution in [0.5, 0.6) is 11.5 Å². The van der Waals surface area contributed by atoms with Gasteiger partial charge in [0.1, 0.15) is 11.5 Å². The van der Waals surface area contributed by atoms with Gasteiger partial charge in [-0.3, -0.25) is 4.98 Å². The lowest BCUT2D eigenvalue weighted by Crippen LogP contribution is -1.88. The van der Waals surface area contributed by atoms with Crippen LogP contribution in [0.25, 0.3) is 10.9 Å². The zero-order valence-electron chi connectivity index (χ0n) is 10.5. The molecule has 3 rings (SSSR count). The molecule has 2 aromatic carbocycles. The number of pyridine rings is 1. The molecule has 0 saturated carbocycles. The smallest absolute Gasteiger partial charge is 0.141 e. The van der Waals surface area contributed by atoms with Gasteiger partial charge in [-0.25, -0.2) is 0 Å². The Morgan fingerprint density at radius 3 is 2.75 bits per heavy atom. The first-order valence-corrected chi connectivity index (χ1v) is 8.05. The first-order valence-electron chi connectivity index (χ1n) is 6.13. The maximum atomic E-state index is 5.91. The van der Waals surface area contributed by atoms with Gasteiger partial charge >= 0.3 is 0 Å². The summed E-state index contributed by atoms with van der Waals surface area (Å²) in [5.74, 6) is 1.58. The Labute approximate surface area is 134 Å². The van der Waals surface area contributed by atoms with Crippen LogP contribution in [0.1, 0.15) is 5.56 Å². The summed E-state index contributed by atoms with van der Waals surface area (Å²) < 4.78 is 6.85. The minimum Gasteiger partial charge on any atom is -0.456 e. The van der Waals surface area contributed by atoms with E-state index >= 15 is 0 Å². The molecule has 4 heteroatoms.